The van der Waals surface area contributed by atoms with Crippen molar-refractivity contribution in [2.45, 2.75) is 71.3 Å². The molecule has 172 valence electrons. The van der Waals surface area contributed by atoms with Crippen molar-refractivity contribution in [1.29, 1.82) is 0 Å². The minimum Gasteiger partial charge on any atom is -0.493 e. The summed E-state index contributed by atoms with van der Waals surface area (Å²) >= 11 is 0. The minimum absolute atomic E-state index is 0.0237. The van der Waals surface area contributed by atoms with Crippen molar-refractivity contribution in [1.82, 2.24) is 9.80 Å². The van der Waals surface area contributed by atoms with Gasteiger partial charge in [-0.25, -0.2) is 0 Å². The van der Waals surface area contributed by atoms with Crippen molar-refractivity contribution in [2.75, 3.05) is 33.9 Å². The Kier molecular flexibility index (Phi) is 8.22. The summed E-state index contributed by atoms with van der Waals surface area (Å²) in [4.78, 5) is 29.8. The van der Waals surface area contributed by atoms with Gasteiger partial charge in [-0.05, 0) is 55.4 Å². The van der Waals surface area contributed by atoms with E-state index in [0.29, 0.717) is 31.2 Å². The molecular weight excluding hydrogens is 392 g/mol. The van der Waals surface area contributed by atoms with Crippen LogP contribution < -0.4 is 9.47 Å². The second-order valence-corrected chi connectivity index (χ2v) is 8.92. The van der Waals surface area contributed by atoms with E-state index in [-0.39, 0.29) is 24.4 Å². The van der Waals surface area contributed by atoms with Crippen LogP contribution in [0.3, 0.4) is 0 Å². The maximum absolute atomic E-state index is 13.2. The van der Waals surface area contributed by atoms with Gasteiger partial charge < -0.3 is 19.3 Å². The first-order valence-electron chi connectivity index (χ1n) is 11.8. The Labute approximate surface area is 186 Å². The van der Waals surface area contributed by atoms with Crippen LogP contribution in [0.15, 0.2) is 12.1 Å². The summed E-state index contributed by atoms with van der Waals surface area (Å²) < 4.78 is 10.9. The average molecular weight is 431 g/mol. The fourth-order valence-electron chi connectivity index (χ4n) is 5.09. The summed E-state index contributed by atoms with van der Waals surface area (Å²) in [6, 6.07) is 3.94. The maximum Gasteiger partial charge on any atom is 0.242 e. The van der Waals surface area contributed by atoms with Crippen LogP contribution >= 0.6 is 0 Å². The molecule has 3 rings (SSSR count). The third-order valence-corrected chi connectivity index (χ3v) is 6.92. The first kappa shape index (κ1) is 23.4. The lowest BCUT2D eigenvalue weighted by Gasteiger charge is -2.37. The van der Waals surface area contributed by atoms with Crippen molar-refractivity contribution in [3.8, 4) is 11.5 Å². The lowest BCUT2D eigenvalue weighted by Crippen LogP contribution is -2.46. The van der Waals surface area contributed by atoms with E-state index in [1.54, 1.807) is 19.1 Å². The number of carbonyl (C=O) groups is 2. The van der Waals surface area contributed by atoms with E-state index in [4.69, 9.17) is 9.47 Å². The summed E-state index contributed by atoms with van der Waals surface area (Å²) in [7, 11) is 3.26. The van der Waals surface area contributed by atoms with E-state index in [2.05, 4.69) is 6.92 Å². The number of nitrogens with zero attached hydrogens (tertiary/aromatic N) is 2. The third kappa shape index (κ3) is 5.52. The molecule has 1 aromatic carbocycles. The number of rotatable bonds is 9. The minimum atomic E-state index is -0.0619. The Balaban J connectivity index is 1.66. The van der Waals surface area contributed by atoms with Crippen molar-refractivity contribution in [3.63, 3.8) is 0 Å². The van der Waals surface area contributed by atoms with Crippen LogP contribution in [0, 0.1) is 5.92 Å². The van der Waals surface area contributed by atoms with Gasteiger partial charge in [0.2, 0.25) is 11.8 Å². The fraction of sp³-hybridized carbons (Fsp3) is 0.680. The van der Waals surface area contributed by atoms with Crippen LogP contribution in [0.1, 0.15) is 76.0 Å². The highest BCUT2D eigenvalue weighted by atomic mass is 16.5. The Morgan fingerprint density at radius 2 is 1.81 bits per heavy atom. The summed E-state index contributed by atoms with van der Waals surface area (Å²) in [5, 5.41) is 0. The lowest BCUT2D eigenvalue weighted by molar-refractivity contribution is -0.142. The quantitative estimate of drug-likeness (QED) is 0.584. The number of carbonyl (C=O) groups excluding carboxylic acids is 2. The van der Waals surface area contributed by atoms with E-state index < -0.39 is 0 Å². The van der Waals surface area contributed by atoms with Crippen molar-refractivity contribution < 1.29 is 19.1 Å². The molecule has 1 saturated carbocycles. The van der Waals surface area contributed by atoms with E-state index in [1.165, 1.54) is 31.2 Å². The van der Waals surface area contributed by atoms with Gasteiger partial charge in [0.25, 0.3) is 0 Å². The van der Waals surface area contributed by atoms with Gasteiger partial charge in [-0.3, -0.25) is 9.59 Å². The highest BCUT2D eigenvalue weighted by Gasteiger charge is 2.30. The van der Waals surface area contributed by atoms with Crippen LogP contribution in [0.5, 0.6) is 11.5 Å². The molecule has 0 bridgehead atoms. The number of hydrogen-bond donors (Lipinski definition) is 0. The van der Waals surface area contributed by atoms with Gasteiger partial charge in [0.1, 0.15) is 0 Å². The lowest BCUT2D eigenvalue weighted by atomic mass is 9.92. The summed E-state index contributed by atoms with van der Waals surface area (Å²) in [6.07, 6.45) is 8.24. The van der Waals surface area contributed by atoms with E-state index in [1.807, 2.05) is 24.0 Å². The van der Waals surface area contributed by atoms with Gasteiger partial charge in [0, 0.05) is 19.5 Å². The molecule has 2 aliphatic rings. The molecular formula is C25H38N2O4. The molecule has 1 atom stereocenters. The molecule has 6 nitrogen and oxygen atoms in total. The molecule has 0 saturated heterocycles. The summed E-state index contributed by atoms with van der Waals surface area (Å²) in [5.74, 6) is 2.23. The van der Waals surface area contributed by atoms with Crippen LogP contribution in [0.4, 0.5) is 0 Å². The third-order valence-electron chi connectivity index (χ3n) is 6.92. The zero-order valence-electron chi connectivity index (χ0n) is 19.6. The maximum atomic E-state index is 13.2. The first-order chi connectivity index (χ1) is 15.0. The van der Waals surface area contributed by atoms with Gasteiger partial charge >= 0.3 is 0 Å². The van der Waals surface area contributed by atoms with Crippen LogP contribution in [-0.2, 0) is 16.0 Å². The van der Waals surface area contributed by atoms with E-state index in [9.17, 15) is 9.59 Å². The molecule has 6 heteroatoms. The molecule has 1 aliphatic carbocycles. The molecule has 31 heavy (non-hydrogen) atoms. The molecule has 0 radical (unpaired) electrons. The first-order valence-corrected chi connectivity index (χ1v) is 11.8. The zero-order chi connectivity index (χ0) is 22.4. The molecule has 0 aromatic heterocycles. The largest absolute Gasteiger partial charge is 0.493 e. The molecule has 2 amide bonds. The predicted octanol–water partition coefficient (Wildman–Crippen LogP) is 4.36. The highest BCUT2D eigenvalue weighted by Crippen LogP contribution is 2.38. The molecule has 0 N–H and O–H groups in total. The van der Waals surface area contributed by atoms with E-state index in [0.717, 1.165) is 30.6 Å². The second-order valence-electron chi connectivity index (χ2n) is 8.92. The Morgan fingerprint density at radius 3 is 2.45 bits per heavy atom. The highest BCUT2D eigenvalue weighted by molar-refractivity contribution is 5.85. The molecule has 1 heterocycles. The number of methoxy groups -OCH3 is 2. The Hall–Kier alpha value is -2.24. The van der Waals surface area contributed by atoms with Crippen LogP contribution in [0.2, 0.25) is 0 Å². The number of amides is 2. The average Bonchev–Trinajstić information content (AvgIpc) is 3.30. The topological polar surface area (TPSA) is 59.1 Å². The number of hydrogen-bond acceptors (Lipinski definition) is 4. The van der Waals surface area contributed by atoms with Crippen LogP contribution in [-0.4, -0.2) is 55.5 Å². The monoisotopic (exact) mass is 430 g/mol. The zero-order valence-corrected chi connectivity index (χ0v) is 19.6. The van der Waals surface area contributed by atoms with Crippen LogP contribution in [0.25, 0.3) is 0 Å². The predicted molar refractivity (Wildman–Crippen MR) is 121 cm³/mol. The van der Waals surface area contributed by atoms with Gasteiger partial charge in [-0.2, -0.15) is 0 Å². The molecule has 1 unspecified atom stereocenters. The van der Waals surface area contributed by atoms with Gasteiger partial charge in [-0.1, -0.05) is 32.6 Å². The van der Waals surface area contributed by atoms with Crippen molar-refractivity contribution in [2.24, 2.45) is 5.92 Å². The summed E-state index contributed by atoms with van der Waals surface area (Å²) in [5.41, 5.74) is 2.28. The van der Waals surface area contributed by atoms with Gasteiger partial charge in [0.15, 0.2) is 11.5 Å². The number of fused-ring (bicyclic) bond motifs is 1. The number of benzene rings is 1. The smallest absolute Gasteiger partial charge is 0.242 e. The fourth-order valence-corrected chi connectivity index (χ4v) is 5.09. The SMILES string of the molecule is CCCN(CC(=O)N1CCc2cc(OC)c(OC)cc2C1C)C(=O)CCC1CCCC1. The van der Waals surface area contributed by atoms with Crippen molar-refractivity contribution in [3.05, 3.63) is 23.3 Å². The van der Waals surface area contributed by atoms with Gasteiger partial charge in [-0.15, -0.1) is 0 Å². The Morgan fingerprint density at radius 1 is 1.13 bits per heavy atom. The molecule has 1 fully saturated rings. The molecule has 1 aliphatic heterocycles. The number of ether oxygens (including phenoxy) is 2. The Bertz CT molecular complexity index is 773. The van der Waals surface area contributed by atoms with E-state index >= 15 is 0 Å². The summed E-state index contributed by atoms with van der Waals surface area (Å²) in [6.45, 7) is 5.57. The van der Waals surface area contributed by atoms with Gasteiger partial charge in [0.05, 0.1) is 26.8 Å². The molecule has 0 spiro atoms. The second kappa shape index (κ2) is 10.9. The standard InChI is InChI=1S/C25H38N2O4/c1-5-13-26(24(28)11-10-19-8-6-7-9-19)17-25(29)27-14-12-20-15-22(30-3)23(31-4)16-21(20)18(27)2/h15-16,18-19H,5-14,17H2,1-4H3. The van der Waals surface area contributed by atoms with Crippen molar-refractivity contribution >= 4 is 11.8 Å². The normalized spacial score (nSPS) is 18.6. The molecule has 1 aromatic rings.